The summed E-state index contributed by atoms with van der Waals surface area (Å²) in [7, 11) is 0. The Hall–Kier alpha value is -3.40. The maximum Gasteiger partial charge on any atom is 0.343 e. The summed E-state index contributed by atoms with van der Waals surface area (Å²) in [6.07, 6.45) is 4.31. The Labute approximate surface area is 201 Å². The van der Waals surface area contributed by atoms with Gasteiger partial charge in [0.15, 0.2) is 11.5 Å². The summed E-state index contributed by atoms with van der Waals surface area (Å²) in [5.74, 6) is 0.0366. The van der Waals surface area contributed by atoms with Gasteiger partial charge in [-0.3, -0.25) is 0 Å². The molecule has 176 valence electrons. The maximum absolute atomic E-state index is 13.2. The number of hydrogen-bond donors (Lipinski definition) is 0. The molecular weight excluding hydrogens is 424 g/mol. The molecule has 4 heteroatoms. The second-order valence-corrected chi connectivity index (χ2v) is 10.1. The van der Waals surface area contributed by atoms with Gasteiger partial charge in [0.2, 0.25) is 0 Å². The zero-order valence-corrected chi connectivity index (χ0v) is 20.4. The molecule has 0 atom stereocenters. The van der Waals surface area contributed by atoms with Crippen LogP contribution in [0.4, 0.5) is 0 Å². The Kier molecular flexibility index (Phi) is 6.87. The standard InChI is InChI=1S/C30H32O4/c1-20-19-24(30(2,3)4)25(21-13-11-12-14-21)27(34-29(32)23-17-9-6-10-18-23)26(20)33-28(31)22-15-7-5-8-16-22/h5-10,15-19,21H,11-14H2,1-4H3. The van der Waals surface area contributed by atoms with E-state index in [1.807, 2.05) is 31.2 Å². The Balaban J connectivity index is 1.87. The fraction of sp³-hybridized carbons (Fsp3) is 0.333. The van der Waals surface area contributed by atoms with Crippen LogP contribution in [0.3, 0.4) is 0 Å². The third kappa shape index (κ3) is 5.06. The van der Waals surface area contributed by atoms with Crippen molar-refractivity contribution >= 4 is 11.9 Å². The van der Waals surface area contributed by atoms with Gasteiger partial charge in [0.1, 0.15) is 0 Å². The molecule has 0 N–H and O–H groups in total. The smallest absolute Gasteiger partial charge is 0.343 e. The SMILES string of the molecule is Cc1cc(C(C)(C)C)c(C2CCCC2)c(OC(=O)c2ccccc2)c1OC(=O)c1ccccc1. The van der Waals surface area contributed by atoms with E-state index in [9.17, 15) is 9.59 Å². The van der Waals surface area contributed by atoms with Crippen molar-refractivity contribution in [2.75, 3.05) is 0 Å². The first-order chi connectivity index (χ1) is 16.3. The van der Waals surface area contributed by atoms with Gasteiger partial charge < -0.3 is 9.47 Å². The molecule has 1 fully saturated rings. The molecule has 0 aromatic heterocycles. The zero-order chi connectivity index (χ0) is 24.3. The predicted molar refractivity (Wildman–Crippen MR) is 134 cm³/mol. The molecule has 0 heterocycles. The van der Waals surface area contributed by atoms with Crippen LogP contribution in [0.5, 0.6) is 11.5 Å². The second-order valence-electron chi connectivity index (χ2n) is 10.1. The molecule has 1 saturated carbocycles. The third-order valence-corrected chi connectivity index (χ3v) is 6.44. The fourth-order valence-electron chi connectivity index (χ4n) is 4.70. The summed E-state index contributed by atoms with van der Waals surface area (Å²) >= 11 is 0. The number of rotatable bonds is 5. The first-order valence-electron chi connectivity index (χ1n) is 12.0. The Morgan fingerprint density at radius 2 is 1.24 bits per heavy atom. The maximum atomic E-state index is 13.2. The van der Waals surface area contributed by atoms with Gasteiger partial charge in [0, 0.05) is 5.56 Å². The van der Waals surface area contributed by atoms with Crippen LogP contribution in [0.1, 0.15) is 89.8 Å². The molecule has 34 heavy (non-hydrogen) atoms. The van der Waals surface area contributed by atoms with Gasteiger partial charge >= 0.3 is 11.9 Å². The normalized spacial score (nSPS) is 14.1. The number of aryl methyl sites for hydroxylation is 1. The summed E-state index contributed by atoms with van der Waals surface area (Å²) in [5, 5.41) is 0. The van der Waals surface area contributed by atoms with Gasteiger partial charge in [-0.25, -0.2) is 9.59 Å². The predicted octanol–water partition coefficient (Wildman–Crippen LogP) is 7.39. The van der Waals surface area contributed by atoms with Crippen LogP contribution < -0.4 is 9.47 Å². The highest BCUT2D eigenvalue weighted by atomic mass is 16.6. The highest BCUT2D eigenvalue weighted by Gasteiger charge is 2.33. The first kappa shape index (κ1) is 23.7. The molecular formula is C30H32O4. The van der Waals surface area contributed by atoms with Crippen LogP contribution in [0, 0.1) is 6.92 Å². The number of ether oxygens (including phenoxy) is 2. The van der Waals surface area contributed by atoms with Crippen molar-refractivity contribution in [1.29, 1.82) is 0 Å². The van der Waals surface area contributed by atoms with Crippen LogP contribution in [0.2, 0.25) is 0 Å². The summed E-state index contributed by atoms with van der Waals surface area (Å²) in [4.78, 5) is 26.2. The third-order valence-electron chi connectivity index (χ3n) is 6.44. The molecule has 1 aliphatic carbocycles. The molecule has 0 aliphatic heterocycles. The zero-order valence-electron chi connectivity index (χ0n) is 20.4. The number of benzene rings is 3. The summed E-state index contributed by atoms with van der Waals surface area (Å²) in [6, 6.07) is 19.9. The van der Waals surface area contributed by atoms with E-state index in [2.05, 4.69) is 26.8 Å². The van der Waals surface area contributed by atoms with E-state index < -0.39 is 11.9 Å². The molecule has 0 spiro atoms. The lowest BCUT2D eigenvalue weighted by molar-refractivity contribution is 0.0679. The van der Waals surface area contributed by atoms with E-state index in [1.165, 1.54) is 0 Å². The van der Waals surface area contributed by atoms with Gasteiger partial charge in [-0.15, -0.1) is 0 Å². The number of esters is 2. The Morgan fingerprint density at radius 1 is 0.765 bits per heavy atom. The van der Waals surface area contributed by atoms with Crippen molar-refractivity contribution in [3.8, 4) is 11.5 Å². The highest BCUT2D eigenvalue weighted by Crippen LogP contribution is 2.49. The molecule has 0 amide bonds. The Morgan fingerprint density at radius 3 is 1.71 bits per heavy atom. The van der Waals surface area contributed by atoms with Gasteiger partial charge in [-0.05, 0) is 66.5 Å². The van der Waals surface area contributed by atoms with Crippen LogP contribution in [0.25, 0.3) is 0 Å². The monoisotopic (exact) mass is 456 g/mol. The van der Waals surface area contributed by atoms with Crippen molar-refractivity contribution < 1.29 is 19.1 Å². The lowest BCUT2D eigenvalue weighted by Gasteiger charge is -2.30. The van der Waals surface area contributed by atoms with Crippen molar-refractivity contribution in [2.45, 2.75) is 64.7 Å². The number of carbonyl (C=O) groups is 2. The van der Waals surface area contributed by atoms with Crippen molar-refractivity contribution in [1.82, 2.24) is 0 Å². The molecule has 1 aliphatic rings. The van der Waals surface area contributed by atoms with E-state index in [4.69, 9.17) is 9.47 Å². The minimum Gasteiger partial charge on any atom is -0.419 e. The van der Waals surface area contributed by atoms with Crippen LogP contribution >= 0.6 is 0 Å². The summed E-state index contributed by atoms with van der Waals surface area (Å²) in [6.45, 7) is 8.40. The molecule has 4 nitrogen and oxygen atoms in total. The van der Waals surface area contributed by atoms with Crippen LogP contribution in [-0.2, 0) is 5.41 Å². The van der Waals surface area contributed by atoms with Crippen molar-refractivity contribution in [3.05, 3.63) is 94.5 Å². The lowest BCUT2D eigenvalue weighted by atomic mass is 9.78. The van der Waals surface area contributed by atoms with Gasteiger partial charge in [0.25, 0.3) is 0 Å². The lowest BCUT2D eigenvalue weighted by Crippen LogP contribution is -2.21. The molecule has 4 rings (SSSR count). The van der Waals surface area contributed by atoms with Gasteiger partial charge in [-0.1, -0.05) is 76.1 Å². The quantitative estimate of drug-likeness (QED) is 0.297. The second kappa shape index (κ2) is 9.84. The van der Waals surface area contributed by atoms with E-state index in [0.717, 1.165) is 42.4 Å². The fourth-order valence-corrected chi connectivity index (χ4v) is 4.70. The molecule has 3 aromatic rings. The molecule has 0 radical (unpaired) electrons. The average molecular weight is 457 g/mol. The minimum atomic E-state index is -0.471. The number of hydrogen-bond acceptors (Lipinski definition) is 4. The summed E-state index contributed by atoms with van der Waals surface area (Å²) < 4.78 is 12.1. The molecule has 3 aromatic carbocycles. The summed E-state index contributed by atoms with van der Waals surface area (Å²) in [5.41, 5.74) is 3.64. The van der Waals surface area contributed by atoms with Gasteiger partial charge in [0.05, 0.1) is 11.1 Å². The molecule has 0 bridgehead atoms. The topological polar surface area (TPSA) is 52.6 Å². The molecule has 0 saturated heterocycles. The average Bonchev–Trinajstić information content (AvgIpc) is 3.36. The van der Waals surface area contributed by atoms with E-state index in [-0.39, 0.29) is 11.3 Å². The molecule has 0 unspecified atom stereocenters. The van der Waals surface area contributed by atoms with Crippen molar-refractivity contribution in [3.63, 3.8) is 0 Å². The van der Waals surface area contributed by atoms with Crippen LogP contribution in [0.15, 0.2) is 66.7 Å². The van der Waals surface area contributed by atoms with E-state index in [0.29, 0.717) is 22.6 Å². The van der Waals surface area contributed by atoms with E-state index in [1.54, 1.807) is 36.4 Å². The largest absolute Gasteiger partial charge is 0.419 e. The number of carbonyl (C=O) groups excluding carboxylic acids is 2. The van der Waals surface area contributed by atoms with E-state index >= 15 is 0 Å². The van der Waals surface area contributed by atoms with Gasteiger partial charge in [-0.2, -0.15) is 0 Å². The van der Waals surface area contributed by atoms with Crippen LogP contribution in [-0.4, -0.2) is 11.9 Å². The first-order valence-corrected chi connectivity index (χ1v) is 12.0. The minimum absolute atomic E-state index is 0.168. The van der Waals surface area contributed by atoms with Crippen molar-refractivity contribution in [2.24, 2.45) is 0 Å². The Bertz CT molecular complexity index is 1170. The highest BCUT2D eigenvalue weighted by molar-refractivity contribution is 5.94.